The minimum Gasteiger partial charge on any atom is -0.466 e. The number of rotatable bonds is 9. The van der Waals surface area contributed by atoms with E-state index in [9.17, 15) is 14.4 Å². The second-order valence-corrected chi connectivity index (χ2v) is 4.73. The zero-order valence-electron chi connectivity index (χ0n) is 12.2. The minimum absolute atomic E-state index is 0.161. The highest BCUT2D eigenvalue weighted by atomic mass is 16.5. The van der Waals surface area contributed by atoms with E-state index in [1.807, 2.05) is 6.92 Å². The first-order chi connectivity index (χ1) is 8.88. The lowest BCUT2D eigenvalue weighted by Crippen LogP contribution is -2.25. The van der Waals surface area contributed by atoms with Gasteiger partial charge < -0.3 is 9.47 Å². The molecule has 2 atom stereocenters. The van der Waals surface area contributed by atoms with Gasteiger partial charge in [0.1, 0.15) is 11.7 Å². The molecule has 0 heterocycles. The Morgan fingerprint density at radius 3 is 2.11 bits per heavy atom. The second-order valence-electron chi connectivity index (χ2n) is 4.73. The van der Waals surface area contributed by atoms with Gasteiger partial charge in [0.2, 0.25) is 0 Å². The molecule has 0 aromatic carbocycles. The SMILES string of the molecule is CCOC(=O)C(CCC(C)CCOC(C)=O)C(C)=O. The first kappa shape index (κ1) is 17.6. The molecule has 5 nitrogen and oxygen atoms in total. The van der Waals surface area contributed by atoms with Gasteiger partial charge in [-0.3, -0.25) is 14.4 Å². The van der Waals surface area contributed by atoms with Crippen LogP contribution < -0.4 is 0 Å². The molecule has 0 aliphatic carbocycles. The zero-order chi connectivity index (χ0) is 14.8. The van der Waals surface area contributed by atoms with Crippen molar-refractivity contribution in [2.24, 2.45) is 11.8 Å². The van der Waals surface area contributed by atoms with Crippen molar-refractivity contribution in [2.75, 3.05) is 13.2 Å². The minimum atomic E-state index is -0.670. The molecule has 110 valence electrons. The molecule has 0 spiro atoms. The summed E-state index contributed by atoms with van der Waals surface area (Å²) in [7, 11) is 0. The van der Waals surface area contributed by atoms with Crippen LogP contribution in [0.1, 0.15) is 47.0 Å². The molecule has 0 N–H and O–H groups in total. The van der Waals surface area contributed by atoms with Crippen molar-refractivity contribution >= 4 is 17.7 Å². The Bertz CT molecular complexity index is 311. The van der Waals surface area contributed by atoms with Crippen LogP contribution in [0.15, 0.2) is 0 Å². The Labute approximate surface area is 114 Å². The molecule has 0 saturated heterocycles. The predicted molar refractivity (Wildman–Crippen MR) is 70.5 cm³/mol. The van der Waals surface area contributed by atoms with Crippen LogP contribution in [-0.4, -0.2) is 30.9 Å². The number of carbonyl (C=O) groups is 3. The van der Waals surface area contributed by atoms with E-state index < -0.39 is 11.9 Å². The molecule has 0 rings (SSSR count). The van der Waals surface area contributed by atoms with Gasteiger partial charge in [-0.25, -0.2) is 0 Å². The summed E-state index contributed by atoms with van der Waals surface area (Å²) in [6, 6.07) is 0. The van der Waals surface area contributed by atoms with Gasteiger partial charge in [-0.1, -0.05) is 6.92 Å². The van der Waals surface area contributed by atoms with Crippen LogP contribution >= 0.6 is 0 Å². The van der Waals surface area contributed by atoms with E-state index in [1.165, 1.54) is 13.8 Å². The van der Waals surface area contributed by atoms with Gasteiger partial charge in [0.15, 0.2) is 0 Å². The number of hydrogen-bond acceptors (Lipinski definition) is 5. The fourth-order valence-corrected chi connectivity index (χ4v) is 1.73. The van der Waals surface area contributed by atoms with E-state index in [0.29, 0.717) is 13.0 Å². The van der Waals surface area contributed by atoms with E-state index >= 15 is 0 Å². The Morgan fingerprint density at radius 2 is 1.63 bits per heavy atom. The number of ether oxygens (including phenoxy) is 2. The maximum Gasteiger partial charge on any atom is 0.316 e. The van der Waals surface area contributed by atoms with E-state index in [4.69, 9.17) is 9.47 Å². The van der Waals surface area contributed by atoms with E-state index in [1.54, 1.807) is 6.92 Å². The van der Waals surface area contributed by atoms with Gasteiger partial charge in [0.25, 0.3) is 0 Å². The molecule has 0 bridgehead atoms. The normalized spacial score (nSPS) is 13.5. The van der Waals surface area contributed by atoms with E-state index in [0.717, 1.165) is 12.8 Å². The average Bonchev–Trinajstić information content (AvgIpc) is 2.28. The molecule has 0 fully saturated rings. The summed E-state index contributed by atoms with van der Waals surface area (Å²) in [5.41, 5.74) is 0. The Hall–Kier alpha value is -1.39. The van der Waals surface area contributed by atoms with Crippen LogP contribution in [0.3, 0.4) is 0 Å². The maximum absolute atomic E-state index is 11.6. The van der Waals surface area contributed by atoms with E-state index in [2.05, 4.69) is 0 Å². The Kier molecular flexibility index (Phi) is 8.83. The van der Waals surface area contributed by atoms with E-state index in [-0.39, 0.29) is 24.3 Å². The smallest absolute Gasteiger partial charge is 0.316 e. The second kappa shape index (κ2) is 9.53. The van der Waals surface area contributed by atoms with Crippen molar-refractivity contribution in [3.63, 3.8) is 0 Å². The topological polar surface area (TPSA) is 69.7 Å². The number of carbonyl (C=O) groups excluding carboxylic acids is 3. The molecule has 0 aromatic heterocycles. The summed E-state index contributed by atoms with van der Waals surface area (Å²) in [5.74, 6) is -1.28. The molecule has 5 heteroatoms. The lowest BCUT2D eigenvalue weighted by Gasteiger charge is -2.15. The summed E-state index contributed by atoms with van der Waals surface area (Å²) in [5, 5.41) is 0. The van der Waals surface area contributed by atoms with Crippen LogP contribution in [0.2, 0.25) is 0 Å². The van der Waals surface area contributed by atoms with Crippen molar-refractivity contribution in [3.05, 3.63) is 0 Å². The van der Waals surface area contributed by atoms with Crippen LogP contribution in [0.4, 0.5) is 0 Å². The molecule has 2 unspecified atom stereocenters. The molecular weight excluding hydrogens is 248 g/mol. The first-order valence-electron chi connectivity index (χ1n) is 6.68. The van der Waals surface area contributed by atoms with Crippen molar-refractivity contribution in [3.8, 4) is 0 Å². The quantitative estimate of drug-likeness (QED) is 0.475. The molecule has 0 saturated carbocycles. The molecular formula is C14H24O5. The standard InChI is InChI=1S/C14H24O5/c1-5-18-14(17)13(11(3)15)7-6-10(2)8-9-19-12(4)16/h10,13H,5-9H2,1-4H3. The van der Waals surface area contributed by atoms with Gasteiger partial charge in [0.05, 0.1) is 13.2 Å². The van der Waals surface area contributed by atoms with Gasteiger partial charge in [-0.05, 0) is 39.0 Å². The number of Topliss-reactive ketones (excluding diaryl/α,β-unsaturated/α-hetero) is 1. The molecule has 0 aliphatic heterocycles. The molecule has 19 heavy (non-hydrogen) atoms. The summed E-state index contributed by atoms with van der Waals surface area (Å²) >= 11 is 0. The number of esters is 2. The largest absolute Gasteiger partial charge is 0.466 e. The monoisotopic (exact) mass is 272 g/mol. The number of ketones is 1. The van der Waals surface area contributed by atoms with Gasteiger partial charge >= 0.3 is 11.9 Å². The third kappa shape index (κ3) is 8.35. The zero-order valence-corrected chi connectivity index (χ0v) is 12.2. The highest BCUT2D eigenvalue weighted by molar-refractivity contribution is 5.97. The maximum atomic E-state index is 11.6. The summed E-state index contributed by atoms with van der Waals surface area (Å²) in [6.45, 7) is 7.16. The average molecular weight is 272 g/mol. The highest BCUT2D eigenvalue weighted by Crippen LogP contribution is 2.17. The van der Waals surface area contributed by atoms with Crippen LogP contribution in [-0.2, 0) is 23.9 Å². The molecule has 0 amide bonds. The van der Waals surface area contributed by atoms with Crippen LogP contribution in [0.5, 0.6) is 0 Å². The van der Waals surface area contributed by atoms with Gasteiger partial charge in [0, 0.05) is 6.92 Å². The summed E-state index contributed by atoms with van der Waals surface area (Å²) in [6.07, 6.45) is 1.94. The van der Waals surface area contributed by atoms with Crippen LogP contribution in [0.25, 0.3) is 0 Å². The summed E-state index contributed by atoms with van der Waals surface area (Å²) in [4.78, 5) is 33.6. The third-order valence-corrected chi connectivity index (χ3v) is 2.93. The Balaban J connectivity index is 4.07. The fourth-order valence-electron chi connectivity index (χ4n) is 1.73. The van der Waals surface area contributed by atoms with Crippen LogP contribution in [0, 0.1) is 11.8 Å². The third-order valence-electron chi connectivity index (χ3n) is 2.93. The molecule has 0 aliphatic rings. The lowest BCUT2D eigenvalue weighted by molar-refractivity contribution is -0.151. The van der Waals surface area contributed by atoms with Crippen molar-refractivity contribution in [2.45, 2.75) is 47.0 Å². The first-order valence-corrected chi connectivity index (χ1v) is 6.68. The number of hydrogen-bond donors (Lipinski definition) is 0. The lowest BCUT2D eigenvalue weighted by atomic mass is 9.93. The van der Waals surface area contributed by atoms with Crippen molar-refractivity contribution < 1.29 is 23.9 Å². The predicted octanol–water partition coefficient (Wildman–Crippen LogP) is 2.12. The molecule has 0 radical (unpaired) electrons. The highest BCUT2D eigenvalue weighted by Gasteiger charge is 2.24. The Morgan fingerprint density at radius 1 is 1.00 bits per heavy atom. The van der Waals surface area contributed by atoms with Gasteiger partial charge in [-0.2, -0.15) is 0 Å². The van der Waals surface area contributed by atoms with Crippen molar-refractivity contribution in [1.29, 1.82) is 0 Å². The summed E-state index contributed by atoms with van der Waals surface area (Å²) < 4.78 is 9.74. The molecule has 0 aromatic rings. The van der Waals surface area contributed by atoms with Crippen molar-refractivity contribution in [1.82, 2.24) is 0 Å². The fraction of sp³-hybridized carbons (Fsp3) is 0.786. The van der Waals surface area contributed by atoms with Gasteiger partial charge in [-0.15, -0.1) is 0 Å².